The summed E-state index contributed by atoms with van der Waals surface area (Å²) < 4.78 is 38.2. The molecule has 4 atom stereocenters. The predicted molar refractivity (Wildman–Crippen MR) is 165 cm³/mol. The van der Waals surface area contributed by atoms with Crippen LogP contribution >= 0.6 is 0 Å². The Morgan fingerprint density at radius 3 is 1.75 bits per heavy atom. The molecule has 0 bridgehead atoms. The molecule has 226 valence electrons. The van der Waals surface area contributed by atoms with E-state index in [1.54, 1.807) is 6.26 Å². The highest BCUT2D eigenvalue weighted by atomic mass is 16.6. The number of hydrogen-bond acceptors (Lipinski definition) is 7. The summed E-state index contributed by atoms with van der Waals surface area (Å²) in [4.78, 5) is 0. The van der Waals surface area contributed by atoms with E-state index in [0.717, 1.165) is 27.8 Å². The Balaban J connectivity index is 1.29. The SMILES string of the molecule is c1ccc(COC[C@@H](OCc2ccccc2)[C@H]2OCc3conc3[C@H](OCc3ccccc3)[C@H]2OCc2ccccc2)cc1. The highest BCUT2D eigenvalue weighted by Crippen LogP contribution is 2.36. The van der Waals surface area contributed by atoms with Gasteiger partial charge in [-0.05, 0) is 22.3 Å². The van der Waals surface area contributed by atoms with Crippen molar-refractivity contribution in [3.63, 3.8) is 0 Å². The second kappa shape index (κ2) is 15.6. The topological polar surface area (TPSA) is 72.2 Å². The Hall–Kier alpha value is -4.11. The predicted octanol–water partition coefficient (Wildman–Crippen LogP) is 7.22. The third-order valence-corrected chi connectivity index (χ3v) is 7.62. The van der Waals surface area contributed by atoms with E-state index in [1.165, 1.54) is 0 Å². The molecule has 1 aromatic heterocycles. The lowest BCUT2D eigenvalue weighted by molar-refractivity contribution is -0.197. The lowest BCUT2D eigenvalue weighted by atomic mass is 9.99. The Kier molecular flexibility index (Phi) is 10.6. The molecule has 7 heteroatoms. The van der Waals surface area contributed by atoms with E-state index in [4.69, 9.17) is 28.2 Å². The van der Waals surface area contributed by atoms with E-state index < -0.39 is 24.4 Å². The summed E-state index contributed by atoms with van der Waals surface area (Å²) in [6, 6.07) is 40.4. The smallest absolute Gasteiger partial charge is 0.132 e. The highest BCUT2D eigenvalue weighted by Gasteiger charge is 2.43. The molecule has 7 nitrogen and oxygen atoms in total. The van der Waals surface area contributed by atoms with Crippen LogP contribution in [0.2, 0.25) is 0 Å². The van der Waals surface area contributed by atoms with Crippen LogP contribution in [-0.2, 0) is 56.7 Å². The molecule has 0 aliphatic carbocycles. The van der Waals surface area contributed by atoms with Gasteiger partial charge in [-0.15, -0.1) is 0 Å². The van der Waals surface area contributed by atoms with Crippen LogP contribution in [-0.4, -0.2) is 30.1 Å². The van der Waals surface area contributed by atoms with Crippen LogP contribution in [0.5, 0.6) is 0 Å². The Labute approximate surface area is 258 Å². The average Bonchev–Trinajstić information content (AvgIpc) is 3.50. The quantitative estimate of drug-likeness (QED) is 0.135. The number of rotatable bonds is 14. The summed E-state index contributed by atoms with van der Waals surface area (Å²) in [5, 5.41) is 4.37. The maximum Gasteiger partial charge on any atom is 0.132 e. The van der Waals surface area contributed by atoms with Crippen molar-refractivity contribution in [2.24, 2.45) is 0 Å². The summed E-state index contributed by atoms with van der Waals surface area (Å²) in [6.45, 7) is 2.16. The van der Waals surface area contributed by atoms with E-state index in [0.29, 0.717) is 38.7 Å². The third kappa shape index (κ3) is 8.08. The van der Waals surface area contributed by atoms with Gasteiger partial charge in [-0.3, -0.25) is 0 Å². The Morgan fingerprint density at radius 2 is 1.16 bits per heavy atom. The second-order valence-electron chi connectivity index (χ2n) is 10.8. The lowest BCUT2D eigenvalue weighted by Crippen LogP contribution is -2.47. The van der Waals surface area contributed by atoms with Crippen molar-refractivity contribution >= 4 is 0 Å². The second-order valence-corrected chi connectivity index (χ2v) is 10.8. The van der Waals surface area contributed by atoms with Crippen LogP contribution in [0.4, 0.5) is 0 Å². The van der Waals surface area contributed by atoms with Crippen LogP contribution in [0.1, 0.15) is 39.6 Å². The normalized spacial score (nSPS) is 18.8. The van der Waals surface area contributed by atoms with Crippen molar-refractivity contribution in [1.29, 1.82) is 0 Å². The molecule has 0 N–H and O–H groups in total. The summed E-state index contributed by atoms with van der Waals surface area (Å²) >= 11 is 0. The molecule has 0 unspecified atom stereocenters. The molecule has 0 radical (unpaired) electrons. The van der Waals surface area contributed by atoms with Gasteiger partial charge in [0.25, 0.3) is 0 Å². The van der Waals surface area contributed by atoms with Gasteiger partial charge in [0.15, 0.2) is 0 Å². The standard InChI is InChI=1S/C37H37NO6/c1-5-13-28(14-6-1)21-39-27-33(40-22-29-15-7-2-8-16-29)35-37(42-24-31-19-11-4-12-20-31)36(34-32(25-43-35)26-44-38-34)41-23-30-17-9-3-10-18-30/h1-20,26,33,35-37H,21-25,27H2/t33-,35-,36+,37+/m1/s1. The number of nitrogens with zero attached hydrogens (tertiary/aromatic N) is 1. The maximum atomic E-state index is 6.72. The first-order valence-corrected chi connectivity index (χ1v) is 15.0. The van der Waals surface area contributed by atoms with Crippen molar-refractivity contribution in [2.45, 2.75) is 57.5 Å². The maximum absolute atomic E-state index is 6.72. The molecule has 0 amide bonds. The van der Waals surface area contributed by atoms with Gasteiger partial charge in [0.2, 0.25) is 0 Å². The molecule has 1 aliphatic heterocycles. The summed E-state index contributed by atoms with van der Waals surface area (Å²) in [5.41, 5.74) is 5.73. The fourth-order valence-electron chi connectivity index (χ4n) is 5.30. The first-order valence-electron chi connectivity index (χ1n) is 15.0. The van der Waals surface area contributed by atoms with Crippen LogP contribution in [0.3, 0.4) is 0 Å². The van der Waals surface area contributed by atoms with Crippen LogP contribution in [0, 0.1) is 0 Å². The highest BCUT2D eigenvalue weighted by molar-refractivity contribution is 5.22. The van der Waals surface area contributed by atoms with Crippen LogP contribution in [0.15, 0.2) is 132 Å². The van der Waals surface area contributed by atoms with Crippen LogP contribution < -0.4 is 0 Å². The zero-order valence-corrected chi connectivity index (χ0v) is 24.6. The third-order valence-electron chi connectivity index (χ3n) is 7.62. The van der Waals surface area contributed by atoms with Crippen molar-refractivity contribution in [3.05, 3.63) is 161 Å². The fraction of sp³-hybridized carbons (Fsp3) is 0.270. The van der Waals surface area contributed by atoms with Gasteiger partial charge in [0, 0.05) is 5.56 Å². The Morgan fingerprint density at radius 1 is 0.636 bits per heavy atom. The van der Waals surface area contributed by atoms with Gasteiger partial charge in [0.05, 0.1) is 39.6 Å². The molecule has 2 heterocycles. The van der Waals surface area contributed by atoms with E-state index in [9.17, 15) is 0 Å². The molecule has 0 saturated heterocycles. The van der Waals surface area contributed by atoms with Gasteiger partial charge < -0.3 is 28.2 Å². The summed E-state index contributed by atoms with van der Waals surface area (Å²) in [7, 11) is 0. The summed E-state index contributed by atoms with van der Waals surface area (Å²) in [6.07, 6.45) is -0.531. The zero-order valence-electron chi connectivity index (χ0n) is 24.6. The minimum atomic E-state index is -0.577. The molecule has 44 heavy (non-hydrogen) atoms. The molecule has 0 spiro atoms. The minimum Gasteiger partial charge on any atom is -0.374 e. The number of ether oxygens (including phenoxy) is 5. The molecule has 4 aromatic carbocycles. The molecule has 5 aromatic rings. The first kappa shape index (κ1) is 29.9. The Bertz CT molecular complexity index is 1510. The van der Waals surface area contributed by atoms with Gasteiger partial charge >= 0.3 is 0 Å². The van der Waals surface area contributed by atoms with Gasteiger partial charge in [-0.25, -0.2) is 0 Å². The van der Waals surface area contributed by atoms with Gasteiger partial charge in [-0.2, -0.15) is 0 Å². The molecule has 0 fully saturated rings. The van der Waals surface area contributed by atoms with E-state index >= 15 is 0 Å². The van der Waals surface area contributed by atoms with Crippen molar-refractivity contribution in [3.8, 4) is 0 Å². The van der Waals surface area contributed by atoms with Gasteiger partial charge in [-0.1, -0.05) is 126 Å². The van der Waals surface area contributed by atoms with E-state index in [1.807, 2.05) is 121 Å². The molecular weight excluding hydrogens is 554 g/mol. The number of fused-ring (bicyclic) bond motifs is 1. The molecule has 6 rings (SSSR count). The first-order chi connectivity index (χ1) is 21.8. The largest absolute Gasteiger partial charge is 0.374 e. The minimum absolute atomic E-state index is 0.282. The summed E-state index contributed by atoms with van der Waals surface area (Å²) in [5.74, 6) is 0. The molecule has 1 aliphatic rings. The molecule has 0 saturated carbocycles. The molecular formula is C37H37NO6. The van der Waals surface area contributed by atoms with Crippen molar-refractivity contribution in [1.82, 2.24) is 5.16 Å². The van der Waals surface area contributed by atoms with E-state index in [-0.39, 0.29) is 6.61 Å². The fourth-order valence-corrected chi connectivity index (χ4v) is 5.30. The zero-order chi connectivity index (χ0) is 29.8. The monoisotopic (exact) mass is 591 g/mol. The van der Waals surface area contributed by atoms with E-state index in [2.05, 4.69) is 5.16 Å². The number of aromatic nitrogens is 1. The van der Waals surface area contributed by atoms with Crippen molar-refractivity contribution < 1.29 is 28.2 Å². The van der Waals surface area contributed by atoms with Gasteiger partial charge in [0.1, 0.15) is 36.4 Å². The van der Waals surface area contributed by atoms with Crippen LogP contribution in [0.25, 0.3) is 0 Å². The average molecular weight is 592 g/mol. The number of hydrogen-bond donors (Lipinski definition) is 0. The lowest BCUT2D eigenvalue weighted by Gasteiger charge is -2.35. The van der Waals surface area contributed by atoms with Crippen molar-refractivity contribution in [2.75, 3.05) is 6.61 Å². The number of benzene rings is 4.